The van der Waals surface area contributed by atoms with E-state index in [-0.39, 0.29) is 18.4 Å². The zero-order chi connectivity index (χ0) is 20.1. The lowest BCUT2D eigenvalue weighted by atomic mass is 9.73. The predicted octanol–water partition coefficient (Wildman–Crippen LogP) is 4.43. The summed E-state index contributed by atoms with van der Waals surface area (Å²) in [6, 6.07) is 5.34. The van der Waals surface area contributed by atoms with Gasteiger partial charge in [-0.25, -0.2) is 4.79 Å². The molecule has 2 aromatic rings. The van der Waals surface area contributed by atoms with Crippen LogP contribution in [-0.2, 0) is 16.1 Å². The Bertz CT molecular complexity index is 1010. The summed E-state index contributed by atoms with van der Waals surface area (Å²) in [7, 11) is 0. The summed E-state index contributed by atoms with van der Waals surface area (Å²) in [6.45, 7) is 6.38. The van der Waals surface area contributed by atoms with Gasteiger partial charge in [0.15, 0.2) is 0 Å². The highest BCUT2D eigenvalue weighted by molar-refractivity contribution is 6.06. The molecule has 1 spiro atoms. The highest BCUT2D eigenvalue weighted by Crippen LogP contribution is 2.45. The molecule has 1 aliphatic carbocycles. The van der Waals surface area contributed by atoms with Crippen LogP contribution < -0.4 is 5.63 Å². The second-order valence-electron chi connectivity index (χ2n) is 8.75. The fourth-order valence-corrected chi connectivity index (χ4v) is 4.95. The molecule has 2 heterocycles. The van der Waals surface area contributed by atoms with Crippen LogP contribution in [0.5, 0.6) is 0 Å². The topological polar surface area (TPSA) is 67.6 Å². The van der Waals surface area contributed by atoms with E-state index < -0.39 is 11.0 Å². The van der Waals surface area contributed by atoms with Crippen LogP contribution in [0, 0.1) is 12.3 Å². The molecular weight excluding hydrogens is 354 g/mol. The number of hydrogen-bond donors (Lipinski definition) is 0. The van der Waals surface area contributed by atoms with Crippen molar-refractivity contribution in [3.8, 4) is 0 Å². The van der Waals surface area contributed by atoms with Crippen molar-refractivity contribution in [1.82, 2.24) is 4.90 Å². The lowest BCUT2D eigenvalue weighted by Crippen LogP contribution is -2.36. The van der Waals surface area contributed by atoms with E-state index in [0.29, 0.717) is 23.5 Å². The number of imide groups is 1. The minimum Gasteiger partial charge on any atom is -0.423 e. The van der Waals surface area contributed by atoms with Gasteiger partial charge < -0.3 is 4.42 Å². The highest BCUT2D eigenvalue weighted by Gasteiger charge is 2.51. The molecule has 0 atom stereocenters. The highest BCUT2D eigenvalue weighted by atomic mass is 16.4. The molecule has 2 fully saturated rings. The maximum atomic E-state index is 13.2. The molecule has 28 heavy (non-hydrogen) atoms. The van der Waals surface area contributed by atoms with Crippen molar-refractivity contribution in [3.63, 3.8) is 0 Å². The second-order valence-corrected chi connectivity index (χ2v) is 8.75. The number of amides is 2. The molecule has 1 saturated carbocycles. The fraction of sp³-hybridized carbons (Fsp3) is 0.522. The van der Waals surface area contributed by atoms with E-state index in [9.17, 15) is 14.4 Å². The molecule has 1 aliphatic heterocycles. The van der Waals surface area contributed by atoms with E-state index in [4.69, 9.17) is 4.42 Å². The van der Waals surface area contributed by atoms with Crippen molar-refractivity contribution in [2.45, 2.75) is 71.8 Å². The molecule has 1 aromatic carbocycles. The number of nitrogens with zero attached hydrogens (tertiary/aromatic N) is 1. The zero-order valence-electron chi connectivity index (χ0n) is 16.8. The van der Waals surface area contributed by atoms with E-state index >= 15 is 0 Å². The Balaban J connectivity index is 1.75. The first kappa shape index (κ1) is 18.9. The standard InChI is InChI=1S/C23H27NO4/c1-14(2)17-11-18-16(10-21(26)28-19(18)9-15(17)3)13-24-20(25)12-23(22(24)27)7-5-4-6-8-23/h9-11,14H,4-8,12-13H2,1-3H3. The fourth-order valence-electron chi connectivity index (χ4n) is 4.95. The first-order valence-electron chi connectivity index (χ1n) is 10.2. The van der Waals surface area contributed by atoms with Crippen LogP contribution in [0.1, 0.15) is 75.0 Å². The van der Waals surface area contributed by atoms with Crippen molar-refractivity contribution in [2.24, 2.45) is 5.41 Å². The van der Waals surface area contributed by atoms with Crippen molar-refractivity contribution in [2.75, 3.05) is 0 Å². The molecule has 148 valence electrons. The van der Waals surface area contributed by atoms with E-state index in [1.165, 1.54) is 16.5 Å². The molecule has 5 nitrogen and oxygen atoms in total. The number of aryl methyl sites for hydroxylation is 1. The number of fused-ring (bicyclic) bond motifs is 1. The van der Waals surface area contributed by atoms with Gasteiger partial charge in [-0.05, 0) is 54.5 Å². The van der Waals surface area contributed by atoms with Crippen molar-refractivity contribution in [3.05, 3.63) is 45.3 Å². The van der Waals surface area contributed by atoms with Crippen LogP contribution in [0.25, 0.3) is 11.0 Å². The lowest BCUT2D eigenvalue weighted by molar-refractivity contribution is -0.142. The SMILES string of the molecule is Cc1cc2oc(=O)cc(CN3C(=O)CC4(CCCCC4)C3=O)c2cc1C(C)C. The number of hydrogen-bond acceptors (Lipinski definition) is 4. The number of carbonyl (C=O) groups is 2. The molecule has 5 heteroatoms. The summed E-state index contributed by atoms with van der Waals surface area (Å²) in [4.78, 5) is 39.3. The van der Waals surface area contributed by atoms with Crippen LogP contribution in [0.4, 0.5) is 0 Å². The Kier molecular flexibility index (Phi) is 4.64. The van der Waals surface area contributed by atoms with Crippen molar-refractivity contribution < 1.29 is 14.0 Å². The first-order valence-corrected chi connectivity index (χ1v) is 10.2. The lowest BCUT2D eigenvalue weighted by Gasteiger charge is -2.30. The maximum absolute atomic E-state index is 13.2. The third kappa shape index (κ3) is 3.07. The number of likely N-dealkylation sites (tertiary alicyclic amines) is 1. The minimum atomic E-state index is -0.510. The Morgan fingerprint density at radius 1 is 1.07 bits per heavy atom. The van der Waals surface area contributed by atoms with Gasteiger partial charge in [0.05, 0.1) is 12.0 Å². The summed E-state index contributed by atoms with van der Waals surface area (Å²) >= 11 is 0. The molecule has 0 N–H and O–H groups in total. The summed E-state index contributed by atoms with van der Waals surface area (Å²) in [5.74, 6) is 0.143. The zero-order valence-corrected chi connectivity index (χ0v) is 16.8. The Morgan fingerprint density at radius 3 is 2.46 bits per heavy atom. The molecule has 0 unspecified atom stereocenters. The molecule has 1 aromatic heterocycles. The van der Waals surface area contributed by atoms with Gasteiger partial charge in [-0.15, -0.1) is 0 Å². The van der Waals surface area contributed by atoms with Gasteiger partial charge in [0.25, 0.3) is 0 Å². The summed E-state index contributed by atoms with van der Waals surface area (Å²) in [6.07, 6.45) is 5.03. The smallest absolute Gasteiger partial charge is 0.336 e. The Morgan fingerprint density at radius 2 is 1.79 bits per heavy atom. The molecule has 1 saturated heterocycles. The van der Waals surface area contributed by atoms with E-state index in [1.807, 2.05) is 19.1 Å². The van der Waals surface area contributed by atoms with Gasteiger partial charge in [0.2, 0.25) is 11.8 Å². The molecule has 4 rings (SSSR count). The third-order valence-electron chi connectivity index (χ3n) is 6.47. The van der Waals surface area contributed by atoms with Crippen LogP contribution in [0.2, 0.25) is 0 Å². The van der Waals surface area contributed by atoms with Gasteiger partial charge in [-0.1, -0.05) is 33.1 Å². The number of rotatable bonds is 3. The monoisotopic (exact) mass is 381 g/mol. The first-order chi connectivity index (χ1) is 13.3. The number of benzene rings is 1. The minimum absolute atomic E-state index is 0.0604. The van der Waals surface area contributed by atoms with Gasteiger partial charge in [-0.3, -0.25) is 14.5 Å². The second kappa shape index (κ2) is 6.87. The van der Waals surface area contributed by atoms with Gasteiger partial charge >= 0.3 is 5.63 Å². The average molecular weight is 381 g/mol. The third-order valence-corrected chi connectivity index (χ3v) is 6.47. The van der Waals surface area contributed by atoms with Crippen molar-refractivity contribution >= 4 is 22.8 Å². The van der Waals surface area contributed by atoms with E-state index in [0.717, 1.165) is 43.1 Å². The summed E-state index contributed by atoms with van der Waals surface area (Å²) in [5, 5.41) is 0.805. The van der Waals surface area contributed by atoms with Crippen LogP contribution in [0.3, 0.4) is 0 Å². The molecule has 2 aliphatic rings. The van der Waals surface area contributed by atoms with Crippen LogP contribution in [0.15, 0.2) is 27.4 Å². The van der Waals surface area contributed by atoms with Crippen molar-refractivity contribution in [1.29, 1.82) is 0 Å². The molecule has 0 bridgehead atoms. The molecular formula is C23H27NO4. The molecule has 2 amide bonds. The quantitative estimate of drug-likeness (QED) is 0.582. The maximum Gasteiger partial charge on any atom is 0.336 e. The predicted molar refractivity (Wildman–Crippen MR) is 107 cm³/mol. The average Bonchev–Trinajstić information content (AvgIpc) is 2.85. The Labute approximate surface area is 164 Å². The van der Waals surface area contributed by atoms with Gasteiger partial charge in [0, 0.05) is 17.9 Å². The van der Waals surface area contributed by atoms with E-state index in [1.54, 1.807) is 0 Å². The summed E-state index contributed by atoms with van der Waals surface area (Å²) in [5.41, 5.74) is 2.47. The summed E-state index contributed by atoms with van der Waals surface area (Å²) < 4.78 is 5.40. The number of carbonyl (C=O) groups excluding carboxylic acids is 2. The van der Waals surface area contributed by atoms with E-state index in [2.05, 4.69) is 13.8 Å². The van der Waals surface area contributed by atoms with Gasteiger partial charge in [-0.2, -0.15) is 0 Å². The van der Waals surface area contributed by atoms with Gasteiger partial charge in [0.1, 0.15) is 5.58 Å². The largest absolute Gasteiger partial charge is 0.423 e. The van der Waals surface area contributed by atoms with Crippen LogP contribution >= 0.6 is 0 Å². The normalized spacial score (nSPS) is 19.4. The van der Waals surface area contributed by atoms with Crippen LogP contribution in [-0.4, -0.2) is 16.7 Å². The Hall–Kier alpha value is -2.43. The molecule has 0 radical (unpaired) electrons.